The van der Waals surface area contributed by atoms with Crippen LogP contribution in [0.25, 0.3) is 0 Å². The summed E-state index contributed by atoms with van der Waals surface area (Å²) in [6.45, 7) is 3.91. The lowest BCUT2D eigenvalue weighted by molar-refractivity contribution is 0.504. The molecular weight excluding hydrogens is 246 g/mol. The highest BCUT2D eigenvalue weighted by atomic mass is 32.2. The fourth-order valence-electron chi connectivity index (χ4n) is 2.44. The molecule has 0 aromatic heterocycles. The van der Waals surface area contributed by atoms with Gasteiger partial charge >= 0.3 is 0 Å². The zero-order chi connectivity index (χ0) is 13.0. The van der Waals surface area contributed by atoms with Crippen molar-refractivity contribution in [3.05, 3.63) is 35.9 Å². The van der Waals surface area contributed by atoms with Crippen LogP contribution in [0.4, 0.5) is 0 Å². The van der Waals surface area contributed by atoms with Crippen LogP contribution in [-0.2, 0) is 9.84 Å². The summed E-state index contributed by atoms with van der Waals surface area (Å²) in [7, 11) is -2.74. The van der Waals surface area contributed by atoms with Crippen molar-refractivity contribution >= 4 is 9.84 Å². The molecule has 3 nitrogen and oxygen atoms in total. The predicted octanol–water partition coefficient (Wildman–Crippen LogP) is 1.81. The average molecular weight is 267 g/mol. The molecular formula is C14H21NO2S. The molecule has 1 N–H and O–H groups in total. The molecule has 2 unspecified atom stereocenters. The molecule has 1 aliphatic heterocycles. The summed E-state index contributed by atoms with van der Waals surface area (Å²) in [5, 5.41) is 3.40. The monoisotopic (exact) mass is 267 g/mol. The van der Waals surface area contributed by atoms with E-state index in [1.54, 1.807) is 0 Å². The van der Waals surface area contributed by atoms with Crippen molar-refractivity contribution in [1.82, 2.24) is 5.32 Å². The van der Waals surface area contributed by atoms with Gasteiger partial charge in [-0.3, -0.25) is 0 Å². The highest BCUT2D eigenvalue weighted by Gasteiger charge is 2.27. The topological polar surface area (TPSA) is 46.2 Å². The van der Waals surface area contributed by atoms with Gasteiger partial charge in [-0.2, -0.15) is 0 Å². The van der Waals surface area contributed by atoms with E-state index in [0.717, 1.165) is 19.5 Å². The molecule has 2 atom stereocenters. The summed E-state index contributed by atoms with van der Waals surface area (Å²) in [4.78, 5) is 0. The molecule has 100 valence electrons. The van der Waals surface area contributed by atoms with Crippen molar-refractivity contribution in [1.29, 1.82) is 0 Å². The molecule has 1 heterocycles. The first-order valence-electron chi connectivity index (χ1n) is 6.53. The van der Waals surface area contributed by atoms with Crippen LogP contribution in [-0.4, -0.2) is 33.0 Å². The number of hydrogen-bond acceptors (Lipinski definition) is 3. The number of rotatable bonds is 5. The minimum Gasteiger partial charge on any atom is -0.316 e. The van der Waals surface area contributed by atoms with Gasteiger partial charge in [0.25, 0.3) is 0 Å². The fourth-order valence-corrected chi connectivity index (χ4v) is 4.30. The molecule has 0 bridgehead atoms. The predicted molar refractivity (Wildman–Crippen MR) is 74.5 cm³/mol. The van der Waals surface area contributed by atoms with Crippen molar-refractivity contribution < 1.29 is 8.42 Å². The quantitative estimate of drug-likeness (QED) is 0.885. The first kappa shape index (κ1) is 13.6. The van der Waals surface area contributed by atoms with E-state index < -0.39 is 9.84 Å². The SMILES string of the molecule is CC(CNCC1CCS(=O)(=O)C1)c1ccccc1. The van der Waals surface area contributed by atoms with Crippen LogP contribution in [0.5, 0.6) is 0 Å². The normalized spacial score (nSPS) is 23.9. The van der Waals surface area contributed by atoms with E-state index in [9.17, 15) is 8.42 Å². The molecule has 4 heteroatoms. The summed E-state index contributed by atoms with van der Waals surface area (Å²) in [5.74, 6) is 1.50. The van der Waals surface area contributed by atoms with Gasteiger partial charge in [0, 0.05) is 6.54 Å². The Balaban J connectivity index is 1.73. The zero-order valence-corrected chi connectivity index (χ0v) is 11.6. The van der Waals surface area contributed by atoms with Gasteiger partial charge in [0.1, 0.15) is 0 Å². The van der Waals surface area contributed by atoms with Gasteiger partial charge in [-0.1, -0.05) is 37.3 Å². The molecule has 1 aliphatic rings. The highest BCUT2D eigenvalue weighted by Crippen LogP contribution is 2.18. The standard InChI is InChI=1S/C14H21NO2S/c1-12(14-5-3-2-4-6-14)9-15-10-13-7-8-18(16,17)11-13/h2-6,12-13,15H,7-11H2,1H3. The smallest absolute Gasteiger partial charge is 0.150 e. The van der Waals surface area contributed by atoms with Crippen LogP contribution in [0.3, 0.4) is 0 Å². The second-order valence-corrected chi connectivity index (χ2v) is 7.47. The largest absolute Gasteiger partial charge is 0.316 e. The van der Waals surface area contributed by atoms with E-state index in [1.165, 1.54) is 5.56 Å². The van der Waals surface area contributed by atoms with Crippen LogP contribution in [0, 0.1) is 5.92 Å². The third-order valence-corrected chi connectivity index (χ3v) is 5.42. The molecule has 18 heavy (non-hydrogen) atoms. The molecule has 1 aromatic rings. The molecule has 0 saturated carbocycles. The first-order chi connectivity index (χ1) is 8.57. The first-order valence-corrected chi connectivity index (χ1v) is 8.35. The van der Waals surface area contributed by atoms with E-state index >= 15 is 0 Å². The second-order valence-electron chi connectivity index (χ2n) is 5.24. The Morgan fingerprint density at radius 3 is 2.67 bits per heavy atom. The Morgan fingerprint density at radius 2 is 2.06 bits per heavy atom. The van der Waals surface area contributed by atoms with Crippen molar-refractivity contribution in [2.45, 2.75) is 19.3 Å². The maximum Gasteiger partial charge on any atom is 0.150 e. The van der Waals surface area contributed by atoms with Crippen LogP contribution in [0.15, 0.2) is 30.3 Å². The number of sulfone groups is 1. The molecule has 0 spiro atoms. The Bertz CT molecular complexity index is 470. The summed E-state index contributed by atoms with van der Waals surface area (Å²) in [5.41, 5.74) is 1.32. The van der Waals surface area contributed by atoms with E-state index in [-0.39, 0.29) is 0 Å². The van der Waals surface area contributed by atoms with Crippen molar-refractivity contribution in [2.24, 2.45) is 5.92 Å². The van der Waals surface area contributed by atoms with Crippen molar-refractivity contribution in [3.63, 3.8) is 0 Å². The molecule has 2 rings (SSSR count). The summed E-state index contributed by atoms with van der Waals surface area (Å²) < 4.78 is 22.7. The third kappa shape index (κ3) is 3.82. The number of benzene rings is 1. The molecule has 1 saturated heterocycles. The van der Waals surface area contributed by atoms with Crippen molar-refractivity contribution in [3.8, 4) is 0 Å². The minimum absolute atomic E-state index is 0.304. The van der Waals surface area contributed by atoms with E-state index in [4.69, 9.17) is 0 Å². The third-order valence-electron chi connectivity index (χ3n) is 3.58. The van der Waals surface area contributed by atoms with Crippen LogP contribution in [0.2, 0.25) is 0 Å². The lowest BCUT2D eigenvalue weighted by Crippen LogP contribution is -2.27. The van der Waals surface area contributed by atoms with Crippen molar-refractivity contribution in [2.75, 3.05) is 24.6 Å². The highest BCUT2D eigenvalue weighted by molar-refractivity contribution is 7.91. The van der Waals surface area contributed by atoms with Crippen LogP contribution in [0.1, 0.15) is 24.8 Å². The second kappa shape index (κ2) is 5.85. The summed E-state index contributed by atoms with van der Waals surface area (Å²) in [6.07, 6.45) is 0.815. The average Bonchev–Trinajstić information content (AvgIpc) is 2.70. The Hall–Kier alpha value is -0.870. The lowest BCUT2D eigenvalue weighted by atomic mass is 10.0. The maximum absolute atomic E-state index is 11.3. The number of hydrogen-bond donors (Lipinski definition) is 1. The maximum atomic E-state index is 11.3. The summed E-state index contributed by atoms with van der Waals surface area (Å²) in [6, 6.07) is 10.4. The molecule has 0 amide bonds. The molecule has 1 fully saturated rings. The van der Waals surface area contributed by atoms with Crippen LogP contribution < -0.4 is 5.32 Å². The zero-order valence-electron chi connectivity index (χ0n) is 10.8. The van der Waals surface area contributed by atoms with E-state index in [2.05, 4.69) is 36.5 Å². The van der Waals surface area contributed by atoms with Gasteiger partial charge in [0.15, 0.2) is 9.84 Å². The Labute approximate surface area is 110 Å². The van der Waals surface area contributed by atoms with Gasteiger partial charge in [-0.05, 0) is 30.4 Å². The van der Waals surface area contributed by atoms with Gasteiger partial charge in [-0.15, -0.1) is 0 Å². The molecule has 0 aliphatic carbocycles. The molecule has 1 aromatic carbocycles. The van der Waals surface area contributed by atoms with Crippen LogP contribution >= 0.6 is 0 Å². The van der Waals surface area contributed by atoms with Gasteiger partial charge in [0.05, 0.1) is 11.5 Å². The Kier molecular flexibility index (Phi) is 4.40. The Morgan fingerprint density at radius 1 is 1.33 bits per heavy atom. The van der Waals surface area contributed by atoms with Gasteiger partial charge < -0.3 is 5.32 Å². The minimum atomic E-state index is -2.74. The molecule has 0 radical (unpaired) electrons. The lowest BCUT2D eigenvalue weighted by Gasteiger charge is -2.15. The number of nitrogens with one attached hydrogen (secondary N) is 1. The van der Waals surface area contributed by atoms with E-state index in [1.807, 2.05) is 6.07 Å². The van der Waals surface area contributed by atoms with Gasteiger partial charge in [-0.25, -0.2) is 8.42 Å². The van der Waals surface area contributed by atoms with Gasteiger partial charge in [0.2, 0.25) is 0 Å². The summed E-state index contributed by atoms with van der Waals surface area (Å²) >= 11 is 0. The van der Waals surface area contributed by atoms with E-state index in [0.29, 0.717) is 23.3 Å². The fraction of sp³-hybridized carbons (Fsp3) is 0.571.